The number of nitrogens with zero attached hydrogens (tertiary/aromatic N) is 1. The first-order valence-corrected chi connectivity index (χ1v) is 6.77. The smallest absolute Gasteiger partial charge is 0.0235 e. The van der Waals surface area contributed by atoms with Crippen LogP contribution in [0.25, 0.3) is 0 Å². The summed E-state index contributed by atoms with van der Waals surface area (Å²) in [6, 6.07) is 10.9. The van der Waals surface area contributed by atoms with Crippen molar-refractivity contribution in [3.63, 3.8) is 0 Å². The fraction of sp³-hybridized carbons (Fsp3) is 0.571. The van der Waals surface area contributed by atoms with Crippen molar-refractivity contribution in [2.45, 2.75) is 25.2 Å². The number of benzene rings is 1. The van der Waals surface area contributed by atoms with Gasteiger partial charge in [0.15, 0.2) is 0 Å². The summed E-state index contributed by atoms with van der Waals surface area (Å²) in [6.07, 6.45) is 3.72. The zero-order valence-corrected chi connectivity index (χ0v) is 11.7. The highest BCUT2D eigenvalue weighted by Crippen LogP contribution is 2.27. The van der Waals surface area contributed by atoms with E-state index in [1.807, 2.05) is 0 Å². The third kappa shape index (κ3) is 4.50. The second kappa shape index (κ2) is 7.97. The Morgan fingerprint density at radius 1 is 1.12 bits per heavy atom. The van der Waals surface area contributed by atoms with Gasteiger partial charge in [-0.15, -0.1) is 24.0 Å². The number of alkyl halides is 1. The van der Waals surface area contributed by atoms with Gasteiger partial charge in [-0.3, -0.25) is 0 Å². The van der Waals surface area contributed by atoms with E-state index in [1.165, 1.54) is 38.0 Å². The maximum atomic E-state index is 5.72. The Kier molecular flexibility index (Phi) is 6.94. The van der Waals surface area contributed by atoms with E-state index < -0.39 is 0 Å². The van der Waals surface area contributed by atoms with Crippen LogP contribution in [0.4, 0.5) is 0 Å². The second-order valence-electron chi connectivity index (χ2n) is 4.57. The highest BCUT2D eigenvalue weighted by atomic mass is 35.5. The van der Waals surface area contributed by atoms with E-state index in [2.05, 4.69) is 35.2 Å². The average Bonchev–Trinajstić information content (AvgIpc) is 2.38. The quantitative estimate of drug-likeness (QED) is 0.752. The van der Waals surface area contributed by atoms with Crippen LogP contribution < -0.4 is 0 Å². The number of piperidine rings is 1. The molecular weight excluding hydrogens is 253 g/mol. The van der Waals surface area contributed by atoms with Gasteiger partial charge >= 0.3 is 0 Å². The number of rotatable bonds is 4. The van der Waals surface area contributed by atoms with E-state index in [4.69, 9.17) is 11.6 Å². The van der Waals surface area contributed by atoms with Crippen molar-refractivity contribution in [3.05, 3.63) is 35.9 Å². The van der Waals surface area contributed by atoms with Crippen LogP contribution in [0.3, 0.4) is 0 Å². The van der Waals surface area contributed by atoms with Crippen LogP contribution >= 0.6 is 24.0 Å². The molecule has 0 aliphatic carbocycles. The molecule has 0 bridgehead atoms. The largest absolute Gasteiger partial charge is 0.303 e. The number of halogens is 2. The van der Waals surface area contributed by atoms with E-state index in [0.29, 0.717) is 0 Å². The Bertz CT molecular complexity index is 294. The molecule has 1 aromatic carbocycles. The van der Waals surface area contributed by atoms with Crippen molar-refractivity contribution >= 4 is 24.0 Å². The van der Waals surface area contributed by atoms with Gasteiger partial charge in [-0.05, 0) is 50.4 Å². The van der Waals surface area contributed by atoms with Gasteiger partial charge in [0.05, 0.1) is 0 Å². The molecule has 0 spiro atoms. The van der Waals surface area contributed by atoms with Gasteiger partial charge in [0.25, 0.3) is 0 Å². The molecule has 0 radical (unpaired) electrons. The third-order valence-corrected chi connectivity index (χ3v) is 3.73. The first-order valence-electron chi connectivity index (χ1n) is 6.23. The minimum absolute atomic E-state index is 0. The third-order valence-electron chi connectivity index (χ3n) is 3.47. The van der Waals surface area contributed by atoms with Gasteiger partial charge in [-0.1, -0.05) is 30.3 Å². The molecule has 0 unspecified atom stereocenters. The summed E-state index contributed by atoms with van der Waals surface area (Å²) in [5.74, 6) is 1.56. The highest BCUT2D eigenvalue weighted by molar-refractivity contribution is 6.17. The van der Waals surface area contributed by atoms with Crippen molar-refractivity contribution in [1.29, 1.82) is 0 Å². The molecule has 1 saturated heterocycles. The maximum Gasteiger partial charge on any atom is 0.0235 e. The van der Waals surface area contributed by atoms with Crippen LogP contribution in [-0.4, -0.2) is 30.4 Å². The molecule has 1 fully saturated rings. The molecule has 1 nitrogen and oxygen atoms in total. The lowest BCUT2D eigenvalue weighted by Crippen LogP contribution is -2.33. The number of hydrogen-bond acceptors (Lipinski definition) is 1. The van der Waals surface area contributed by atoms with Gasteiger partial charge < -0.3 is 4.90 Å². The lowest BCUT2D eigenvalue weighted by atomic mass is 9.89. The first kappa shape index (κ1) is 14.8. The predicted octanol–water partition coefficient (Wildman–Crippen LogP) is 3.92. The number of likely N-dealkylation sites (tertiary alicyclic amines) is 1. The van der Waals surface area contributed by atoms with Crippen molar-refractivity contribution in [2.24, 2.45) is 0 Å². The van der Waals surface area contributed by atoms with E-state index in [0.717, 1.165) is 18.2 Å². The van der Waals surface area contributed by atoms with E-state index in [1.54, 1.807) is 0 Å². The molecule has 0 N–H and O–H groups in total. The molecule has 0 atom stereocenters. The van der Waals surface area contributed by atoms with Crippen molar-refractivity contribution in [1.82, 2.24) is 4.90 Å². The predicted molar refractivity (Wildman–Crippen MR) is 77.4 cm³/mol. The normalized spacial score (nSPS) is 17.7. The summed E-state index contributed by atoms with van der Waals surface area (Å²) in [5.41, 5.74) is 1.51. The lowest BCUT2D eigenvalue weighted by Gasteiger charge is -2.32. The van der Waals surface area contributed by atoms with Crippen molar-refractivity contribution in [2.75, 3.05) is 25.5 Å². The Morgan fingerprint density at radius 2 is 1.76 bits per heavy atom. The molecule has 1 aromatic rings. The lowest BCUT2D eigenvalue weighted by molar-refractivity contribution is 0.213. The van der Waals surface area contributed by atoms with Gasteiger partial charge in [-0.2, -0.15) is 0 Å². The molecule has 1 heterocycles. The summed E-state index contributed by atoms with van der Waals surface area (Å²) in [5, 5.41) is 0. The van der Waals surface area contributed by atoms with Crippen molar-refractivity contribution < 1.29 is 0 Å². The van der Waals surface area contributed by atoms with E-state index in [9.17, 15) is 0 Å². The van der Waals surface area contributed by atoms with Gasteiger partial charge in [0.1, 0.15) is 0 Å². The summed E-state index contributed by atoms with van der Waals surface area (Å²) in [7, 11) is 0. The SMILES string of the molecule is Cl.ClCCCN1CCC(c2ccccc2)CC1. The molecule has 0 saturated carbocycles. The minimum Gasteiger partial charge on any atom is -0.303 e. The summed E-state index contributed by atoms with van der Waals surface area (Å²) in [6.45, 7) is 3.64. The fourth-order valence-electron chi connectivity index (χ4n) is 2.50. The Hall–Kier alpha value is -0.240. The van der Waals surface area contributed by atoms with Gasteiger partial charge in [-0.25, -0.2) is 0 Å². The molecule has 96 valence electrons. The molecule has 0 amide bonds. The van der Waals surface area contributed by atoms with Crippen molar-refractivity contribution in [3.8, 4) is 0 Å². The standard InChI is InChI=1S/C14H20ClN.ClH/c15-9-4-10-16-11-7-14(8-12-16)13-5-2-1-3-6-13;/h1-3,5-6,14H,4,7-12H2;1H. The molecule has 2 rings (SSSR count). The molecule has 17 heavy (non-hydrogen) atoms. The molecule has 1 aliphatic rings. The summed E-state index contributed by atoms with van der Waals surface area (Å²) < 4.78 is 0. The second-order valence-corrected chi connectivity index (χ2v) is 4.95. The Balaban J connectivity index is 0.00000144. The van der Waals surface area contributed by atoms with Crippen LogP contribution in [-0.2, 0) is 0 Å². The van der Waals surface area contributed by atoms with E-state index in [-0.39, 0.29) is 12.4 Å². The topological polar surface area (TPSA) is 3.24 Å². The molecule has 3 heteroatoms. The van der Waals surface area contributed by atoms with Crippen LogP contribution in [0.5, 0.6) is 0 Å². The fourth-order valence-corrected chi connectivity index (χ4v) is 2.62. The first-order chi connectivity index (χ1) is 7.90. The summed E-state index contributed by atoms with van der Waals surface area (Å²) in [4.78, 5) is 2.54. The summed E-state index contributed by atoms with van der Waals surface area (Å²) >= 11 is 5.72. The maximum absolute atomic E-state index is 5.72. The van der Waals surface area contributed by atoms with E-state index >= 15 is 0 Å². The zero-order chi connectivity index (χ0) is 11.2. The van der Waals surface area contributed by atoms with Crippen LogP contribution in [0.1, 0.15) is 30.7 Å². The Morgan fingerprint density at radius 3 is 2.35 bits per heavy atom. The molecule has 0 aromatic heterocycles. The Labute approximate surface area is 116 Å². The minimum atomic E-state index is 0. The van der Waals surface area contributed by atoms with Gasteiger partial charge in [0, 0.05) is 5.88 Å². The van der Waals surface area contributed by atoms with Crippen LogP contribution in [0.2, 0.25) is 0 Å². The molecule has 1 aliphatic heterocycles. The molecular formula is C14H21Cl2N. The monoisotopic (exact) mass is 273 g/mol. The highest BCUT2D eigenvalue weighted by Gasteiger charge is 2.19. The van der Waals surface area contributed by atoms with Crippen LogP contribution in [0, 0.1) is 0 Å². The van der Waals surface area contributed by atoms with Gasteiger partial charge in [0.2, 0.25) is 0 Å². The van der Waals surface area contributed by atoms with Crippen LogP contribution in [0.15, 0.2) is 30.3 Å². The average molecular weight is 274 g/mol. The zero-order valence-electron chi connectivity index (χ0n) is 10.1. The number of hydrogen-bond donors (Lipinski definition) is 0.